The second-order valence-electron chi connectivity index (χ2n) is 19.4. The minimum atomic E-state index is -0.691. The summed E-state index contributed by atoms with van der Waals surface area (Å²) in [6.07, 6.45) is 8.35. The van der Waals surface area contributed by atoms with E-state index in [0.29, 0.717) is 31.0 Å². The fourth-order valence-electron chi connectivity index (χ4n) is 8.52. The minimum Gasteiger partial charge on any atom is -0.444 e. The van der Waals surface area contributed by atoms with Crippen LogP contribution in [0.25, 0.3) is 39.3 Å². The van der Waals surface area contributed by atoms with Crippen LogP contribution >= 0.6 is 0 Å². The predicted octanol–water partition coefficient (Wildman–Crippen LogP) is 9.93. The Hall–Kier alpha value is -5.92. The van der Waals surface area contributed by atoms with Gasteiger partial charge in [0.05, 0.1) is 35.5 Å². The zero-order chi connectivity index (χ0) is 46.7. The molecular weight excluding hydrogens is 809 g/mol. The number of H-pyrrole nitrogens is 2. The molecule has 14 heteroatoms. The highest BCUT2D eigenvalue weighted by Gasteiger charge is 2.42. The van der Waals surface area contributed by atoms with Crippen LogP contribution < -0.4 is 0 Å². The highest BCUT2D eigenvalue weighted by Crippen LogP contribution is 2.35. The number of aromatic nitrogens is 4. The first-order chi connectivity index (χ1) is 30.2. The van der Waals surface area contributed by atoms with Crippen molar-refractivity contribution in [2.75, 3.05) is 27.2 Å². The van der Waals surface area contributed by atoms with Gasteiger partial charge in [0.15, 0.2) is 5.82 Å². The lowest BCUT2D eigenvalue weighted by atomic mass is 9.96. The van der Waals surface area contributed by atoms with E-state index >= 15 is 0 Å². The van der Waals surface area contributed by atoms with Crippen LogP contribution in [0.5, 0.6) is 0 Å². The van der Waals surface area contributed by atoms with Crippen molar-refractivity contribution < 1.29 is 28.7 Å². The maximum atomic E-state index is 14.2. The van der Waals surface area contributed by atoms with E-state index in [1.807, 2.05) is 98.5 Å². The molecule has 0 saturated carbocycles. The molecule has 0 unspecified atom stereocenters. The number of ether oxygens (including phenoxy) is 2. The van der Waals surface area contributed by atoms with Gasteiger partial charge in [0.25, 0.3) is 0 Å². The van der Waals surface area contributed by atoms with Gasteiger partial charge in [0, 0.05) is 27.2 Å². The molecule has 2 aromatic heterocycles. The van der Waals surface area contributed by atoms with Crippen molar-refractivity contribution in [3.63, 3.8) is 0 Å². The number of carbonyl (C=O) groups is 4. The Morgan fingerprint density at radius 1 is 0.703 bits per heavy atom. The number of amides is 4. The molecule has 4 amide bonds. The number of benzene rings is 2. The van der Waals surface area contributed by atoms with Crippen LogP contribution in [0.3, 0.4) is 0 Å². The van der Waals surface area contributed by atoms with Crippen LogP contribution in [0.15, 0.2) is 67.0 Å². The standard InChI is InChI=1S/C50H68N8O6/c1-13-31(3)41(55(11)47(61)63-49(5,6)7)45(59)57-27-15-17-39(57)43-51-29-37(53-43)35-23-19-33(20-24-35)34-21-25-36(26-22-34)38-30-52-44(54-38)40-18-16-28-58(40)46(60)42(32(4)14-2)56(12)48(62)64-50(8,9)10/h17,19-26,29-32,40-42H,13-16,18,27-28H2,1-12H3,(H,51,53)(H,52,54)/t31-,32-,40-,41-,42-/m0/s1. The number of carbonyl (C=O) groups excluding carboxylic acids is 4. The number of hydrogen-bond acceptors (Lipinski definition) is 8. The highest BCUT2D eigenvalue weighted by atomic mass is 16.6. The van der Waals surface area contributed by atoms with Gasteiger partial charge in [-0.25, -0.2) is 19.6 Å². The lowest BCUT2D eigenvalue weighted by Gasteiger charge is -2.36. The molecule has 5 atom stereocenters. The van der Waals surface area contributed by atoms with Crippen molar-refractivity contribution in [3.8, 4) is 33.6 Å². The topological polar surface area (TPSA) is 157 Å². The van der Waals surface area contributed by atoms with E-state index in [0.717, 1.165) is 65.1 Å². The molecule has 0 bridgehead atoms. The first-order valence-corrected chi connectivity index (χ1v) is 22.8. The normalized spacial score (nSPS) is 17.4. The molecule has 64 heavy (non-hydrogen) atoms. The third-order valence-electron chi connectivity index (χ3n) is 12.3. The van der Waals surface area contributed by atoms with Crippen molar-refractivity contribution in [1.82, 2.24) is 39.5 Å². The van der Waals surface area contributed by atoms with Crippen LogP contribution in [0.4, 0.5) is 9.59 Å². The Morgan fingerprint density at radius 2 is 1.17 bits per heavy atom. The molecule has 0 spiro atoms. The van der Waals surface area contributed by atoms with E-state index in [1.165, 1.54) is 9.80 Å². The quantitative estimate of drug-likeness (QED) is 0.134. The van der Waals surface area contributed by atoms with Crippen LogP contribution in [0, 0.1) is 11.8 Å². The monoisotopic (exact) mass is 877 g/mol. The van der Waals surface area contributed by atoms with Crippen molar-refractivity contribution in [2.24, 2.45) is 11.8 Å². The molecule has 0 radical (unpaired) electrons. The van der Waals surface area contributed by atoms with Gasteiger partial charge in [0.2, 0.25) is 11.8 Å². The van der Waals surface area contributed by atoms with E-state index in [-0.39, 0.29) is 29.7 Å². The summed E-state index contributed by atoms with van der Waals surface area (Å²) < 4.78 is 11.3. The molecule has 6 rings (SSSR count). The van der Waals surface area contributed by atoms with E-state index in [4.69, 9.17) is 19.4 Å². The summed E-state index contributed by atoms with van der Waals surface area (Å²) >= 11 is 0. The average molecular weight is 877 g/mol. The van der Waals surface area contributed by atoms with E-state index < -0.39 is 35.5 Å². The molecule has 0 aliphatic carbocycles. The maximum absolute atomic E-state index is 14.2. The Kier molecular flexibility index (Phi) is 14.4. The smallest absolute Gasteiger partial charge is 0.410 e. The molecule has 2 aliphatic heterocycles. The van der Waals surface area contributed by atoms with Crippen LogP contribution in [-0.4, -0.2) is 114 Å². The van der Waals surface area contributed by atoms with E-state index in [9.17, 15) is 19.2 Å². The van der Waals surface area contributed by atoms with Crippen LogP contribution in [-0.2, 0) is 19.1 Å². The molecule has 344 valence electrons. The van der Waals surface area contributed by atoms with Gasteiger partial charge in [0.1, 0.15) is 29.1 Å². The van der Waals surface area contributed by atoms with Crippen LogP contribution in [0.2, 0.25) is 0 Å². The number of likely N-dealkylation sites (N-methyl/N-ethyl adjacent to an activating group) is 2. The van der Waals surface area contributed by atoms with Gasteiger partial charge < -0.3 is 29.2 Å². The van der Waals surface area contributed by atoms with Gasteiger partial charge in [-0.2, -0.15) is 0 Å². The summed E-state index contributed by atoms with van der Waals surface area (Å²) in [5.74, 6) is 0.930. The van der Waals surface area contributed by atoms with Crippen molar-refractivity contribution in [2.45, 2.75) is 131 Å². The summed E-state index contributed by atoms with van der Waals surface area (Å²) in [4.78, 5) is 77.4. The molecule has 4 heterocycles. The summed E-state index contributed by atoms with van der Waals surface area (Å²) in [7, 11) is 3.29. The zero-order valence-electron chi connectivity index (χ0n) is 39.8. The first kappa shape index (κ1) is 47.6. The second-order valence-corrected chi connectivity index (χ2v) is 19.4. The van der Waals surface area contributed by atoms with Gasteiger partial charge in [-0.1, -0.05) is 95.1 Å². The highest BCUT2D eigenvalue weighted by molar-refractivity contribution is 5.93. The number of likely N-dealkylation sites (tertiary alicyclic amines) is 1. The molecular formula is C50H68N8O6. The lowest BCUT2D eigenvalue weighted by Crippen LogP contribution is -2.53. The fraction of sp³-hybridized carbons (Fsp3) is 0.520. The van der Waals surface area contributed by atoms with E-state index in [2.05, 4.69) is 46.4 Å². The number of rotatable bonds is 13. The molecule has 2 N–H and O–H groups in total. The Balaban J connectivity index is 1.12. The molecule has 4 aromatic rings. The minimum absolute atomic E-state index is 0.0632. The van der Waals surface area contributed by atoms with Crippen molar-refractivity contribution in [1.29, 1.82) is 0 Å². The fourth-order valence-corrected chi connectivity index (χ4v) is 8.52. The zero-order valence-corrected chi connectivity index (χ0v) is 39.8. The van der Waals surface area contributed by atoms with Crippen molar-refractivity contribution in [3.05, 3.63) is 78.6 Å². The number of nitrogens with one attached hydrogen (secondary N) is 2. The summed E-state index contributed by atoms with van der Waals surface area (Å²) in [5, 5.41) is 0. The second kappa shape index (κ2) is 19.4. The molecule has 1 fully saturated rings. The van der Waals surface area contributed by atoms with Gasteiger partial charge >= 0.3 is 12.2 Å². The third kappa shape index (κ3) is 10.7. The Morgan fingerprint density at radius 3 is 1.67 bits per heavy atom. The number of imidazole rings is 2. The summed E-state index contributed by atoms with van der Waals surface area (Å²) in [6.45, 7) is 20.0. The molecule has 1 saturated heterocycles. The summed E-state index contributed by atoms with van der Waals surface area (Å²) in [5.41, 5.74) is 5.07. The van der Waals surface area contributed by atoms with Crippen molar-refractivity contribution >= 4 is 29.7 Å². The van der Waals surface area contributed by atoms with Gasteiger partial charge in [-0.3, -0.25) is 19.4 Å². The number of hydrogen-bond donors (Lipinski definition) is 2. The predicted molar refractivity (Wildman–Crippen MR) is 250 cm³/mol. The number of nitrogens with zero attached hydrogens (tertiary/aromatic N) is 6. The van der Waals surface area contributed by atoms with Crippen LogP contribution in [0.1, 0.15) is 119 Å². The number of aromatic amines is 2. The van der Waals surface area contributed by atoms with E-state index in [1.54, 1.807) is 25.2 Å². The molecule has 14 nitrogen and oxygen atoms in total. The lowest BCUT2D eigenvalue weighted by molar-refractivity contribution is -0.139. The first-order valence-electron chi connectivity index (χ1n) is 22.8. The summed E-state index contributed by atoms with van der Waals surface area (Å²) in [6, 6.07) is 15.0. The average Bonchev–Trinajstić information content (AvgIpc) is 4.09. The van der Waals surface area contributed by atoms with Gasteiger partial charge in [-0.05, 0) is 94.9 Å². The largest absolute Gasteiger partial charge is 0.444 e. The Bertz CT molecular complexity index is 2300. The molecule has 2 aromatic carbocycles. The Labute approximate surface area is 378 Å². The SMILES string of the molecule is CC[C@H](C)[C@@H](C(=O)N1CCC=C1c1ncc(-c2ccc(-c3ccc(-c4cnc([C@@H]5CCCN5C(=O)[C@H]([C@@H](C)CC)N(C)C(=O)OC(C)(C)C)[nH]4)cc3)cc2)[nH]1)N(C)C(=O)OC(C)(C)C. The van der Waals surface area contributed by atoms with Gasteiger partial charge in [-0.15, -0.1) is 0 Å². The third-order valence-corrected chi connectivity index (χ3v) is 12.3. The molecule has 2 aliphatic rings. The maximum Gasteiger partial charge on any atom is 0.410 e.